The van der Waals surface area contributed by atoms with Crippen molar-refractivity contribution in [1.29, 1.82) is 0 Å². The lowest BCUT2D eigenvalue weighted by molar-refractivity contribution is 0.0824. The highest BCUT2D eigenvalue weighted by molar-refractivity contribution is 5.98. The van der Waals surface area contributed by atoms with Crippen molar-refractivity contribution in [3.05, 3.63) is 29.1 Å². The Balaban J connectivity index is 1.80. The second kappa shape index (κ2) is 5.04. The fraction of sp³-hybridized carbons (Fsp3) is 0.625. The van der Waals surface area contributed by atoms with Gasteiger partial charge in [-0.1, -0.05) is 6.42 Å². The average Bonchev–Trinajstić information content (AvgIpc) is 2.37. The van der Waals surface area contributed by atoms with Gasteiger partial charge in [-0.15, -0.1) is 0 Å². The van der Waals surface area contributed by atoms with E-state index in [0.717, 1.165) is 29.8 Å². The Kier molecular flexibility index (Phi) is 3.40. The van der Waals surface area contributed by atoms with E-state index in [-0.39, 0.29) is 5.92 Å². The first-order valence-corrected chi connectivity index (χ1v) is 7.38. The molecule has 2 atom stereocenters. The van der Waals surface area contributed by atoms with E-state index < -0.39 is 0 Å². The molecule has 102 valence electrons. The maximum Gasteiger partial charge on any atom is 0.167 e. The first-order valence-electron chi connectivity index (χ1n) is 7.38. The molecule has 0 aromatic carbocycles. The molecule has 2 aliphatic rings. The minimum atomic E-state index is 0.194. The van der Waals surface area contributed by atoms with Gasteiger partial charge in [0.1, 0.15) is 0 Å². The standard InChI is InChI=1S/C16H22N2O/c1-10-6-7-15(11(2)17-10)16(19)12-8-13-4-3-5-14(9-12)18-13/h6-7,12-14,18H,3-5,8-9H2,1-2H3. The van der Waals surface area contributed by atoms with Crippen molar-refractivity contribution < 1.29 is 4.79 Å². The molecule has 3 heteroatoms. The SMILES string of the molecule is Cc1ccc(C(=O)C2CC3CCCC(C2)N3)c(C)n1. The predicted octanol–water partition coefficient (Wildman–Crippen LogP) is 2.80. The van der Waals surface area contributed by atoms with Gasteiger partial charge >= 0.3 is 0 Å². The monoisotopic (exact) mass is 258 g/mol. The van der Waals surface area contributed by atoms with Gasteiger partial charge in [-0.05, 0) is 51.7 Å². The number of aromatic nitrogens is 1. The van der Waals surface area contributed by atoms with Crippen LogP contribution in [0.3, 0.4) is 0 Å². The third-order valence-electron chi connectivity index (χ3n) is 4.58. The zero-order chi connectivity index (χ0) is 13.4. The number of fused-ring (bicyclic) bond motifs is 2. The van der Waals surface area contributed by atoms with E-state index in [1.807, 2.05) is 26.0 Å². The highest BCUT2D eigenvalue weighted by atomic mass is 16.1. The van der Waals surface area contributed by atoms with Crippen molar-refractivity contribution in [2.75, 3.05) is 0 Å². The molecule has 1 aromatic heterocycles. The zero-order valence-corrected chi connectivity index (χ0v) is 11.8. The summed E-state index contributed by atoms with van der Waals surface area (Å²) in [5.41, 5.74) is 2.69. The lowest BCUT2D eigenvalue weighted by atomic mass is 9.77. The van der Waals surface area contributed by atoms with Gasteiger partial charge in [0, 0.05) is 35.0 Å². The number of hydrogen-bond donors (Lipinski definition) is 1. The maximum atomic E-state index is 12.7. The van der Waals surface area contributed by atoms with Gasteiger partial charge in [0.2, 0.25) is 0 Å². The Morgan fingerprint density at radius 3 is 2.53 bits per heavy atom. The number of nitrogens with one attached hydrogen (secondary N) is 1. The first kappa shape index (κ1) is 12.8. The van der Waals surface area contributed by atoms with Gasteiger partial charge in [-0.3, -0.25) is 9.78 Å². The molecule has 2 bridgehead atoms. The van der Waals surface area contributed by atoms with Crippen LogP contribution >= 0.6 is 0 Å². The number of ketones is 1. The molecule has 3 heterocycles. The van der Waals surface area contributed by atoms with Crippen LogP contribution in [0, 0.1) is 19.8 Å². The van der Waals surface area contributed by atoms with E-state index in [2.05, 4.69) is 10.3 Å². The molecule has 0 amide bonds. The van der Waals surface area contributed by atoms with Crippen LogP contribution in [0.2, 0.25) is 0 Å². The summed E-state index contributed by atoms with van der Waals surface area (Å²) in [7, 11) is 0. The molecule has 0 spiro atoms. The van der Waals surface area contributed by atoms with Crippen LogP contribution in [0.5, 0.6) is 0 Å². The van der Waals surface area contributed by atoms with Gasteiger partial charge < -0.3 is 5.32 Å². The van der Waals surface area contributed by atoms with Crippen LogP contribution in [0.15, 0.2) is 12.1 Å². The van der Waals surface area contributed by atoms with Crippen LogP contribution in [-0.2, 0) is 0 Å². The third kappa shape index (κ3) is 2.57. The molecular formula is C16H22N2O. The Labute approximate surface area is 114 Å². The number of aryl methyl sites for hydroxylation is 2. The van der Waals surface area contributed by atoms with Crippen LogP contribution in [0.4, 0.5) is 0 Å². The fourth-order valence-corrected chi connectivity index (χ4v) is 3.65. The van der Waals surface area contributed by atoms with E-state index in [0.29, 0.717) is 17.9 Å². The number of piperidine rings is 2. The van der Waals surface area contributed by atoms with Crippen molar-refractivity contribution >= 4 is 5.78 Å². The summed E-state index contributed by atoms with van der Waals surface area (Å²) < 4.78 is 0. The average molecular weight is 258 g/mol. The summed E-state index contributed by atoms with van der Waals surface area (Å²) in [5, 5.41) is 3.64. The maximum absolute atomic E-state index is 12.7. The quantitative estimate of drug-likeness (QED) is 0.829. The third-order valence-corrected chi connectivity index (χ3v) is 4.58. The minimum Gasteiger partial charge on any atom is -0.311 e. The van der Waals surface area contributed by atoms with Crippen LogP contribution < -0.4 is 5.32 Å². The molecule has 2 unspecified atom stereocenters. The number of carbonyl (C=O) groups is 1. The molecule has 0 radical (unpaired) electrons. The molecule has 3 nitrogen and oxygen atoms in total. The molecule has 3 rings (SSSR count). The van der Waals surface area contributed by atoms with Gasteiger partial charge in [0.25, 0.3) is 0 Å². The van der Waals surface area contributed by atoms with E-state index >= 15 is 0 Å². The molecule has 2 saturated heterocycles. The van der Waals surface area contributed by atoms with Crippen molar-refractivity contribution in [3.8, 4) is 0 Å². The summed E-state index contributed by atoms with van der Waals surface area (Å²) in [6.07, 6.45) is 5.77. The van der Waals surface area contributed by atoms with E-state index in [1.54, 1.807) is 0 Å². The Morgan fingerprint density at radius 2 is 1.89 bits per heavy atom. The highest BCUT2D eigenvalue weighted by Gasteiger charge is 2.35. The Morgan fingerprint density at radius 1 is 1.21 bits per heavy atom. The van der Waals surface area contributed by atoms with Gasteiger partial charge in [-0.2, -0.15) is 0 Å². The summed E-state index contributed by atoms with van der Waals surface area (Å²) in [6, 6.07) is 5.01. The number of hydrogen-bond acceptors (Lipinski definition) is 3. The molecule has 0 aliphatic carbocycles. The normalized spacial score (nSPS) is 30.1. The molecule has 2 aliphatic heterocycles. The zero-order valence-electron chi connectivity index (χ0n) is 11.8. The van der Waals surface area contributed by atoms with Gasteiger partial charge in [0.05, 0.1) is 0 Å². The molecule has 0 saturated carbocycles. The number of rotatable bonds is 2. The number of carbonyl (C=O) groups excluding carboxylic acids is 1. The van der Waals surface area contributed by atoms with Gasteiger partial charge in [0.15, 0.2) is 5.78 Å². The van der Waals surface area contributed by atoms with E-state index in [1.165, 1.54) is 19.3 Å². The first-order chi connectivity index (χ1) is 9.13. The van der Waals surface area contributed by atoms with Crippen molar-refractivity contribution in [2.45, 2.75) is 58.0 Å². The lowest BCUT2D eigenvalue weighted by Gasteiger charge is -2.39. The summed E-state index contributed by atoms with van der Waals surface area (Å²) >= 11 is 0. The minimum absolute atomic E-state index is 0.194. The van der Waals surface area contributed by atoms with Crippen LogP contribution in [0.1, 0.15) is 53.8 Å². The predicted molar refractivity (Wildman–Crippen MR) is 75.3 cm³/mol. The summed E-state index contributed by atoms with van der Waals surface area (Å²) in [4.78, 5) is 17.1. The summed E-state index contributed by atoms with van der Waals surface area (Å²) in [6.45, 7) is 3.91. The number of Topliss-reactive ketones (excluding diaryl/α,β-unsaturated/α-hetero) is 1. The second-order valence-corrected chi connectivity index (χ2v) is 6.11. The largest absolute Gasteiger partial charge is 0.311 e. The van der Waals surface area contributed by atoms with Crippen molar-refractivity contribution in [1.82, 2.24) is 10.3 Å². The molecule has 19 heavy (non-hydrogen) atoms. The molecule has 1 N–H and O–H groups in total. The number of pyridine rings is 1. The van der Waals surface area contributed by atoms with Crippen molar-refractivity contribution in [3.63, 3.8) is 0 Å². The van der Waals surface area contributed by atoms with Gasteiger partial charge in [-0.25, -0.2) is 0 Å². The second-order valence-electron chi connectivity index (χ2n) is 6.11. The topological polar surface area (TPSA) is 42.0 Å². The molecular weight excluding hydrogens is 236 g/mol. The van der Waals surface area contributed by atoms with Crippen molar-refractivity contribution in [2.24, 2.45) is 5.92 Å². The highest BCUT2D eigenvalue weighted by Crippen LogP contribution is 2.32. The Hall–Kier alpha value is -1.22. The summed E-state index contributed by atoms with van der Waals surface area (Å²) in [5.74, 6) is 0.503. The molecule has 2 fully saturated rings. The van der Waals surface area contributed by atoms with Crippen LogP contribution in [0.25, 0.3) is 0 Å². The lowest BCUT2D eigenvalue weighted by Crippen LogP contribution is -2.50. The van der Waals surface area contributed by atoms with E-state index in [4.69, 9.17) is 0 Å². The number of nitrogens with zero attached hydrogens (tertiary/aromatic N) is 1. The molecule has 1 aromatic rings. The smallest absolute Gasteiger partial charge is 0.167 e. The van der Waals surface area contributed by atoms with Crippen LogP contribution in [-0.4, -0.2) is 22.9 Å². The fourth-order valence-electron chi connectivity index (χ4n) is 3.65. The van der Waals surface area contributed by atoms with E-state index in [9.17, 15) is 4.79 Å². The Bertz CT molecular complexity index is 486.